The minimum absolute atomic E-state index is 0.358. The molecule has 16 heavy (non-hydrogen) atoms. The van der Waals surface area contributed by atoms with E-state index in [0.717, 1.165) is 5.56 Å². The van der Waals surface area contributed by atoms with Crippen LogP contribution in [0.1, 0.15) is 5.56 Å². The zero-order chi connectivity index (χ0) is 11.7. The molecule has 0 heterocycles. The Morgan fingerprint density at radius 3 is 2.38 bits per heavy atom. The Labute approximate surface area is 98.7 Å². The van der Waals surface area contributed by atoms with Crippen LogP contribution in [0.2, 0.25) is 5.02 Å². The lowest BCUT2D eigenvalue weighted by Crippen LogP contribution is -1.93. The fraction of sp³-hybridized carbons (Fsp3) is 0.0769. The fourth-order valence-corrected chi connectivity index (χ4v) is 1.79. The second-order valence-corrected chi connectivity index (χ2v) is 4.15. The first-order valence-electron chi connectivity index (χ1n) is 4.89. The quantitative estimate of drug-likeness (QED) is 0.742. The van der Waals surface area contributed by atoms with Crippen molar-refractivity contribution in [3.05, 3.63) is 52.8 Å². The average molecular weight is 236 g/mol. The van der Waals surface area contributed by atoms with Gasteiger partial charge in [0, 0.05) is 21.8 Å². The third-order valence-electron chi connectivity index (χ3n) is 2.43. The van der Waals surface area contributed by atoms with Crippen molar-refractivity contribution in [3.63, 3.8) is 0 Å². The van der Waals surface area contributed by atoms with Gasteiger partial charge in [-0.3, -0.25) is 0 Å². The van der Waals surface area contributed by atoms with E-state index < -0.39 is 0 Å². The first kappa shape index (κ1) is 11.0. The molecule has 2 aromatic carbocycles. The van der Waals surface area contributed by atoms with Gasteiger partial charge in [-0.2, -0.15) is 0 Å². The molecule has 0 saturated carbocycles. The number of halogens is 2. The number of nitrogen functional groups attached to an aromatic ring is 1. The molecule has 0 aliphatic carbocycles. The van der Waals surface area contributed by atoms with Crippen molar-refractivity contribution in [2.45, 2.75) is 6.92 Å². The second-order valence-electron chi connectivity index (χ2n) is 3.71. The molecule has 0 bridgehead atoms. The van der Waals surface area contributed by atoms with Gasteiger partial charge in [-0.25, -0.2) is 4.39 Å². The zero-order valence-electron chi connectivity index (χ0n) is 8.80. The molecule has 0 aliphatic heterocycles. The van der Waals surface area contributed by atoms with E-state index in [0.29, 0.717) is 21.8 Å². The van der Waals surface area contributed by atoms with Crippen LogP contribution in [0.3, 0.4) is 0 Å². The SMILES string of the molecule is Cc1ccc(-c2ccc(Cl)cc2F)c(N)c1. The first-order chi connectivity index (χ1) is 7.58. The van der Waals surface area contributed by atoms with E-state index >= 15 is 0 Å². The average Bonchev–Trinajstić information content (AvgIpc) is 2.19. The van der Waals surface area contributed by atoms with Gasteiger partial charge in [0.1, 0.15) is 5.82 Å². The summed E-state index contributed by atoms with van der Waals surface area (Å²) in [6.07, 6.45) is 0. The highest BCUT2D eigenvalue weighted by Crippen LogP contribution is 2.30. The summed E-state index contributed by atoms with van der Waals surface area (Å²) in [5.41, 5.74) is 8.65. The number of nitrogens with two attached hydrogens (primary N) is 1. The Morgan fingerprint density at radius 2 is 1.75 bits per heavy atom. The predicted molar refractivity (Wildman–Crippen MR) is 66.0 cm³/mol. The van der Waals surface area contributed by atoms with Crippen LogP contribution in [-0.2, 0) is 0 Å². The summed E-state index contributed by atoms with van der Waals surface area (Å²) < 4.78 is 13.7. The van der Waals surface area contributed by atoms with Gasteiger partial charge < -0.3 is 5.73 Å². The highest BCUT2D eigenvalue weighted by molar-refractivity contribution is 6.30. The molecule has 0 spiro atoms. The zero-order valence-corrected chi connectivity index (χ0v) is 9.55. The van der Waals surface area contributed by atoms with Crippen LogP contribution in [0, 0.1) is 12.7 Å². The normalized spacial score (nSPS) is 10.4. The molecule has 0 aliphatic rings. The molecule has 0 saturated heterocycles. The van der Waals surface area contributed by atoms with Gasteiger partial charge in [0.15, 0.2) is 0 Å². The number of hydrogen-bond acceptors (Lipinski definition) is 1. The minimum atomic E-state index is -0.358. The number of benzene rings is 2. The Kier molecular flexibility index (Phi) is 2.84. The highest BCUT2D eigenvalue weighted by Gasteiger charge is 2.08. The predicted octanol–water partition coefficient (Wildman–Crippen LogP) is 4.04. The van der Waals surface area contributed by atoms with Crippen molar-refractivity contribution in [2.75, 3.05) is 5.73 Å². The largest absolute Gasteiger partial charge is 0.398 e. The topological polar surface area (TPSA) is 26.0 Å². The molecule has 0 radical (unpaired) electrons. The smallest absolute Gasteiger partial charge is 0.132 e. The molecular weight excluding hydrogens is 225 g/mol. The van der Waals surface area contributed by atoms with Crippen LogP contribution < -0.4 is 5.73 Å². The lowest BCUT2D eigenvalue weighted by molar-refractivity contribution is 0.631. The molecule has 3 heteroatoms. The summed E-state index contributed by atoms with van der Waals surface area (Å²) in [4.78, 5) is 0. The second kappa shape index (κ2) is 4.14. The van der Waals surface area contributed by atoms with Crippen LogP contribution in [0.25, 0.3) is 11.1 Å². The summed E-state index contributed by atoms with van der Waals surface area (Å²) in [6.45, 7) is 1.94. The van der Waals surface area contributed by atoms with Crippen molar-refractivity contribution in [1.82, 2.24) is 0 Å². The maximum absolute atomic E-state index is 13.7. The Balaban J connectivity index is 2.59. The number of aryl methyl sites for hydroxylation is 1. The molecule has 0 aromatic heterocycles. The molecule has 0 atom stereocenters. The van der Waals surface area contributed by atoms with Crippen molar-refractivity contribution < 1.29 is 4.39 Å². The molecule has 2 N–H and O–H groups in total. The molecule has 0 unspecified atom stereocenters. The Hall–Kier alpha value is -1.54. The number of rotatable bonds is 1. The Bertz CT molecular complexity index is 488. The molecular formula is C13H11ClFN. The lowest BCUT2D eigenvalue weighted by Gasteiger charge is -2.08. The van der Waals surface area contributed by atoms with Crippen molar-refractivity contribution >= 4 is 17.3 Å². The van der Waals surface area contributed by atoms with E-state index in [1.54, 1.807) is 12.1 Å². The van der Waals surface area contributed by atoms with Crippen LogP contribution >= 0.6 is 11.6 Å². The summed E-state index contributed by atoms with van der Waals surface area (Å²) >= 11 is 5.70. The van der Waals surface area contributed by atoms with Gasteiger partial charge in [-0.15, -0.1) is 0 Å². The molecule has 82 valence electrons. The summed E-state index contributed by atoms with van der Waals surface area (Å²) in [6, 6.07) is 10.1. The minimum Gasteiger partial charge on any atom is -0.398 e. The van der Waals surface area contributed by atoms with E-state index in [2.05, 4.69) is 0 Å². The molecule has 2 aromatic rings. The first-order valence-corrected chi connectivity index (χ1v) is 5.27. The fourth-order valence-electron chi connectivity index (χ4n) is 1.64. The van der Waals surface area contributed by atoms with Gasteiger partial charge >= 0.3 is 0 Å². The van der Waals surface area contributed by atoms with Gasteiger partial charge in [0.2, 0.25) is 0 Å². The Morgan fingerprint density at radius 1 is 1.06 bits per heavy atom. The van der Waals surface area contributed by atoms with E-state index in [1.165, 1.54) is 6.07 Å². The van der Waals surface area contributed by atoms with Crippen LogP contribution in [-0.4, -0.2) is 0 Å². The molecule has 0 fully saturated rings. The lowest BCUT2D eigenvalue weighted by atomic mass is 10.0. The van der Waals surface area contributed by atoms with Crippen LogP contribution in [0.5, 0.6) is 0 Å². The van der Waals surface area contributed by atoms with Gasteiger partial charge in [-0.05, 0) is 36.8 Å². The van der Waals surface area contributed by atoms with Crippen molar-refractivity contribution in [3.8, 4) is 11.1 Å². The maximum Gasteiger partial charge on any atom is 0.132 e. The van der Waals surface area contributed by atoms with E-state index in [-0.39, 0.29) is 5.82 Å². The molecule has 0 amide bonds. The van der Waals surface area contributed by atoms with Gasteiger partial charge in [-0.1, -0.05) is 23.7 Å². The van der Waals surface area contributed by atoms with Crippen molar-refractivity contribution in [2.24, 2.45) is 0 Å². The van der Waals surface area contributed by atoms with Crippen LogP contribution in [0.4, 0.5) is 10.1 Å². The summed E-state index contributed by atoms with van der Waals surface area (Å²) in [5, 5.41) is 0.381. The van der Waals surface area contributed by atoms with Crippen LogP contribution in [0.15, 0.2) is 36.4 Å². The molecule has 1 nitrogen and oxygen atoms in total. The van der Waals surface area contributed by atoms with Gasteiger partial charge in [0.05, 0.1) is 0 Å². The number of hydrogen-bond donors (Lipinski definition) is 1. The standard InChI is InChI=1S/C13H11ClFN/c1-8-2-4-11(13(16)6-8)10-5-3-9(14)7-12(10)15/h2-7H,16H2,1H3. The van der Waals surface area contributed by atoms with Crippen molar-refractivity contribution in [1.29, 1.82) is 0 Å². The third-order valence-corrected chi connectivity index (χ3v) is 2.66. The van der Waals surface area contributed by atoms with E-state index in [1.807, 2.05) is 25.1 Å². The van der Waals surface area contributed by atoms with E-state index in [9.17, 15) is 4.39 Å². The molecule has 2 rings (SSSR count). The number of anilines is 1. The summed E-state index contributed by atoms with van der Waals surface area (Å²) in [5.74, 6) is -0.358. The van der Waals surface area contributed by atoms with Gasteiger partial charge in [0.25, 0.3) is 0 Å². The highest BCUT2D eigenvalue weighted by atomic mass is 35.5. The summed E-state index contributed by atoms with van der Waals surface area (Å²) in [7, 11) is 0. The monoisotopic (exact) mass is 235 g/mol. The van der Waals surface area contributed by atoms with E-state index in [4.69, 9.17) is 17.3 Å². The third kappa shape index (κ3) is 2.02. The maximum atomic E-state index is 13.7.